The maximum absolute atomic E-state index is 13.6. The van der Waals surface area contributed by atoms with Crippen molar-refractivity contribution in [3.8, 4) is 0 Å². The molecule has 23 nitrogen and oxygen atoms in total. The van der Waals surface area contributed by atoms with E-state index in [-0.39, 0.29) is 25.2 Å². The maximum Gasteiger partial charge on any atom is 0.270 e. The second kappa shape index (κ2) is 22.1. The van der Waals surface area contributed by atoms with Crippen molar-refractivity contribution in [2.75, 3.05) is 26.2 Å². The van der Waals surface area contributed by atoms with Gasteiger partial charge in [-0.3, -0.25) is 33.6 Å². The third-order valence-electron chi connectivity index (χ3n) is 8.20. The van der Waals surface area contributed by atoms with E-state index in [0.717, 1.165) is 6.20 Å². The summed E-state index contributed by atoms with van der Waals surface area (Å²) in [7, 11) is 0. The van der Waals surface area contributed by atoms with Crippen LogP contribution in [-0.2, 0) is 33.6 Å². The summed E-state index contributed by atoms with van der Waals surface area (Å²) in [6, 6.07) is -8.04. The van der Waals surface area contributed by atoms with E-state index in [1.54, 1.807) is 0 Å². The van der Waals surface area contributed by atoms with Crippen LogP contribution in [0, 0.1) is 0 Å². The Morgan fingerprint density at radius 3 is 2.11 bits per heavy atom. The van der Waals surface area contributed by atoms with E-state index in [1.807, 2.05) is 0 Å². The number of aliphatic hydroxyl groups excluding tert-OH is 1. The number of aliphatic hydroxyl groups is 1. The van der Waals surface area contributed by atoms with Gasteiger partial charge in [-0.2, -0.15) is 0 Å². The number of nitrogens with two attached hydrogens (primary N) is 6. The zero-order valence-electron chi connectivity index (χ0n) is 29.7. The number of amides is 7. The van der Waals surface area contributed by atoms with Crippen LogP contribution in [0.5, 0.6) is 0 Å². The zero-order chi connectivity index (χ0) is 39.7. The van der Waals surface area contributed by atoms with Gasteiger partial charge < -0.3 is 82.0 Å². The fourth-order valence-electron chi connectivity index (χ4n) is 5.30. The van der Waals surface area contributed by atoms with Gasteiger partial charge in [0.25, 0.3) is 5.91 Å². The number of aliphatic imine (C=N–C) groups is 1. The second-order valence-electron chi connectivity index (χ2n) is 12.8. The Labute approximate surface area is 306 Å². The first kappa shape index (κ1) is 44.1. The lowest BCUT2D eigenvalue weighted by Crippen LogP contribution is -2.64. The van der Waals surface area contributed by atoms with Crippen molar-refractivity contribution in [1.29, 1.82) is 0 Å². The molecule has 2 rings (SSSR count). The lowest BCUT2D eigenvalue weighted by molar-refractivity contribution is -0.134. The summed E-state index contributed by atoms with van der Waals surface area (Å²) < 4.78 is 0. The van der Waals surface area contributed by atoms with Gasteiger partial charge in [-0.05, 0) is 45.7 Å². The van der Waals surface area contributed by atoms with Crippen molar-refractivity contribution < 1.29 is 38.7 Å². The molecule has 0 saturated carbocycles. The van der Waals surface area contributed by atoms with Gasteiger partial charge in [0.15, 0.2) is 12.2 Å². The Balaban J connectivity index is 2.45. The molecule has 21 N–H and O–H groups in total. The molecule has 0 aromatic rings. The van der Waals surface area contributed by atoms with Crippen LogP contribution in [0.15, 0.2) is 16.9 Å². The first-order valence-electron chi connectivity index (χ1n) is 17.3. The highest BCUT2D eigenvalue weighted by Gasteiger charge is 2.37. The number of guanidine groups is 1. The molecule has 1 saturated heterocycles. The highest BCUT2D eigenvalue weighted by atomic mass is 16.3. The number of nitrogens with zero attached hydrogens (tertiary/aromatic N) is 1. The fourth-order valence-corrected chi connectivity index (χ4v) is 5.30. The third-order valence-corrected chi connectivity index (χ3v) is 8.20. The molecule has 2 heterocycles. The van der Waals surface area contributed by atoms with Gasteiger partial charge in [0.05, 0.1) is 6.04 Å². The average Bonchev–Trinajstić information content (AvgIpc) is 3.09. The van der Waals surface area contributed by atoms with Crippen LogP contribution in [0.2, 0.25) is 0 Å². The Hall–Kier alpha value is -5.10. The molecule has 8 atom stereocenters. The number of carbonyl (C=O) groups is 7. The molecule has 0 aliphatic carbocycles. The maximum atomic E-state index is 13.6. The molecular weight excluding hydrogens is 698 g/mol. The molecule has 2 aliphatic rings. The predicted molar refractivity (Wildman–Crippen MR) is 191 cm³/mol. The summed E-state index contributed by atoms with van der Waals surface area (Å²) in [5.41, 5.74) is 33.9. The monoisotopic (exact) mass is 753 g/mol. The number of nitrogens with one attached hydrogen (secondary N) is 8. The molecule has 0 radical (unpaired) electrons. The van der Waals surface area contributed by atoms with Gasteiger partial charge in [0.1, 0.15) is 29.9 Å². The summed E-state index contributed by atoms with van der Waals surface area (Å²) in [5, 5.41) is 30.0. The van der Waals surface area contributed by atoms with Crippen LogP contribution in [0.25, 0.3) is 0 Å². The second-order valence-corrected chi connectivity index (χ2v) is 12.8. The Kier molecular flexibility index (Phi) is 18.4. The molecular formula is C30H55N15O8. The first-order valence-corrected chi connectivity index (χ1v) is 17.3. The van der Waals surface area contributed by atoms with Gasteiger partial charge in [-0.25, -0.2) is 4.99 Å². The smallest absolute Gasteiger partial charge is 0.270 e. The summed E-state index contributed by atoms with van der Waals surface area (Å²) in [6.07, 6.45) is 0.912. The third kappa shape index (κ3) is 15.2. The fraction of sp³-hybridized carbons (Fsp3) is 0.667. The lowest BCUT2D eigenvalue weighted by Gasteiger charge is -2.33. The SMILES string of the molecule is C[C@@H]1NC(=O)[C@@H](NC(=O)C[C@@H](N)CCCN)CNC(=O)[C@H](C2C[C@@H](O)N=C(N)N2)NC(=O)/C(=C/N)NC(=O)[C@H](CNC(=O)C[C@@H](N)CCCN)NC1=O. The van der Waals surface area contributed by atoms with Crippen molar-refractivity contribution in [2.24, 2.45) is 39.4 Å². The minimum Gasteiger partial charge on any atom is -0.403 e. The van der Waals surface area contributed by atoms with Crippen LogP contribution < -0.4 is 76.9 Å². The molecule has 1 fully saturated rings. The summed E-state index contributed by atoms with van der Waals surface area (Å²) in [4.78, 5) is 96.6. The molecule has 0 spiro atoms. The minimum atomic E-state index is -1.53. The first-order chi connectivity index (χ1) is 25.1. The van der Waals surface area contributed by atoms with Gasteiger partial charge in [0, 0.05) is 50.6 Å². The van der Waals surface area contributed by atoms with E-state index in [9.17, 15) is 38.7 Å². The van der Waals surface area contributed by atoms with Crippen LogP contribution in [0.4, 0.5) is 0 Å². The van der Waals surface area contributed by atoms with Gasteiger partial charge in [-0.15, -0.1) is 0 Å². The number of hydrogen-bond acceptors (Lipinski definition) is 16. The highest BCUT2D eigenvalue weighted by Crippen LogP contribution is 2.11. The van der Waals surface area contributed by atoms with Crippen molar-refractivity contribution in [2.45, 2.75) is 100 Å². The van der Waals surface area contributed by atoms with Crippen LogP contribution in [0.1, 0.15) is 51.9 Å². The van der Waals surface area contributed by atoms with E-state index >= 15 is 0 Å². The number of hydrogen-bond donors (Lipinski definition) is 15. The van der Waals surface area contributed by atoms with Crippen molar-refractivity contribution in [3.05, 3.63) is 11.9 Å². The zero-order valence-corrected chi connectivity index (χ0v) is 29.7. The molecule has 298 valence electrons. The summed E-state index contributed by atoms with van der Waals surface area (Å²) >= 11 is 0. The van der Waals surface area contributed by atoms with Gasteiger partial charge >= 0.3 is 0 Å². The largest absolute Gasteiger partial charge is 0.403 e. The van der Waals surface area contributed by atoms with Gasteiger partial charge in [-0.1, -0.05) is 0 Å². The molecule has 23 heteroatoms. The standard InChI is InChI=1S/C30H55N15O8/c1-14-25(49)42-20(12-37-21(46)8-15(34)4-2-6-31)28(52)41-18(11-33)26(50)45-24(17-10-23(48)44-30(36)43-17)29(53)38-13-19(27(51)39-14)40-22(47)9-16(35)5-3-7-32/h11,14-17,19-20,23-24,48H,2-10,12-13,31-35H2,1H3,(H,37,46)(H,38,53)(H,39,51)(H,40,47)(H,41,52)(H,42,49)(H,45,50)(H3,36,43,44)/b18-11-/t14-,15-,16-,17?,19-,20-,23+,24-/m0/s1. The van der Waals surface area contributed by atoms with Crippen LogP contribution >= 0.6 is 0 Å². The Morgan fingerprint density at radius 2 is 1.53 bits per heavy atom. The molecule has 1 unspecified atom stereocenters. The molecule has 2 aliphatic heterocycles. The van der Waals surface area contributed by atoms with Crippen LogP contribution in [-0.4, -0.2) is 127 Å². The number of rotatable bonds is 14. The minimum absolute atomic E-state index is 0.112. The van der Waals surface area contributed by atoms with Crippen molar-refractivity contribution in [3.63, 3.8) is 0 Å². The average molecular weight is 754 g/mol. The van der Waals surface area contributed by atoms with E-state index < -0.39 is 109 Å². The van der Waals surface area contributed by atoms with E-state index in [1.165, 1.54) is 6.92 Å². The predicted octanol–water partition coefficient (Wildman–Crippen LogP) is -7.98. The molecule has 0 aromatic carbocycles. The van der Waals surface area contributed by atoms with Crippen molar-refractivity contribution in [1.82, 2.24) is 42.5 Å². The van der Waals surface area contributed by atoms with Crippen LogP contribution in [0.3, 0.4) is 0 Å². The Morgan fingerprint density at radius 1 is 0.906 bits per heavy atom. The quantitative estimate of drug-likeness (QED) is 0.0733. The lowest BCUT2D eigenvalue weighted by atomic mass is 10.0. The number of carbonyl (C=O) groups excluding carboxylic acids is 7. The summed E-state index contributed by atoms with van der Waals surface area (Å²) in [5.74, 6) is -6.21. The van der Waals surface area contributed by atoms with E-state index in [4.69, 9.17) is 34.4 Å². The normalized spacial score (nSPS) is 26.7. The molecule has 53 heavy (non-hydrogen) atoms. The Bertz CT molecular complexity index is 1380. The molecule has 0 aromatic heterocycles. The van der Waals surface area contributed by atoms with Crippen molar-refractivity contribution >= 4 is 47.3 Å². The highest BCUT2D eigenvalue weighted by molar-refractivity contribution is 6.02. The molecule has 7 amide bonds. The summed E-state index contributed by atoms with van der Waals surface area (Å²) in [6.45, 7) is 1.02. The molecule has 0 bridgehead atoms. The topological polar surface area (TPSA) is 404 Å². The van der Waals surface area contributed by atoms with E-state index in [2.05, 4.69) is 47.5 Å². The van der Waals surface area contributed by atoms with E-state index in [0.29, 0.717) is 38.8 Å². The van der Waals surface area contributed by atoms with Gasteiger partial charge in [0.2, 0.25) is 35.4 Å².